The zero-order chi connectivity index (χ0) is 22.5. The molecule has 4 heteroatoms. The molecule has 0 saturated heterocycles. The Morgan fingerprint density at radius 3 is 0.677 bits per heavy atom. The molecule has 0 aromatic rings. The van der Waals surface area contributed by atoms with Gasteiger partial charge >= 0.3 is 0 Å². The molecule has 0 heterocycles. The first kappa shape index (κ1) is 31.6. The van der Waals surface area contributed by atoms with Gasteiger partial charge in [-0.2, -0.15) is 0 Å². The second-order valence-corrected chi connectivity index (χ2v) is 11.9. The molecule has 0 amide bonds. The Balaban J connectivity index is 2.98. The fourth-order valence-electron chi connectivity index (χ4n) is 4.02. The minimum Gasteiger partial charge on any atom is -0.396 e. The second kappa shape index (κ2) is 30.6. The van der Waals surface area contributed by atoms with Crippen molar-refractivity contribution >= 4 is 21.6 Å². The van der Waals surface area contributed by atoms with Crippen LogP contribution in [0.3, 0.4) is 0 Å². The molecule has 0 aliphatic rings. The van der Waals surface area contributed by atoms with Crippen molar-refractivity contribution in [3.63, 3.8) is 0 Å². The summed E-state index contributed by atoms with van der Waals surface area (Å²) >= 11 is 0. The molecule has 0 bridgehead atoms. The Labute approximate surface area is 203 Å². The molecule has 0 radical (unpaired) electrons. The van der Waals surface area contributed by atoms with E-state index in [-0.39, 0.29) is 0 Å². The Morgan fingerprint density at radius 1 is 0.258 bits per heavy atom. The van der Waals surface area contributed by atoms with Gasteiger partial charge in [-0.05, 0) is 25.7 Å². The highest BCUT2D eigenvalue weighted by atomic mass is 33.1. The Kier molecular flexibility index (Phi) is 31.2. The summed E-state index contributed by atoms with van der Waals surface area (Å²) in [6, 6.07) is 0. The van der Waals surface area contributed by atoms with Crippen molar-refractivity contribution in [2.75, 3.05) is 24.7 Å². The van der Waals surface area contributed by atoms with Crippen molar-refractivity contribution in [2.45, 2.75) is 148 Å². The molecule has 0 aromatic carbocycles. The van der Waals surface area contributed by atoms with Crippen molar-refractivity contribution in [1.82, 2.24) is 0 Å². The first-order valence-corrected chi connectivity index (χ1v) is 16.4. The third-order valence-corrected chi connectivity index (χ3v) is 8.68. The van der Waals surface area contributed by atoms with E-state index in [2.05, 4.69) is 21.6 Å². The molecule has 0 saturated carbocycles. The van der Waals surface area contributed by atoms with Crippen LogP contribution in [0.4, 0.5) is 0 Å². The van der Waals surface area contributed by atoms with Crippen molar-refractivity contribution in [1.29, 1.82) is 0 Å². The number of aliphatic hydroxyl groups is 2. The van der Waals surface area contributed by atoms with Gasteiger partial charge in [0.2, 0.25) is 0 Å². The van der Waals surface area contributed by atoms with Gasteiger partial charge in [0, 0.05) is 24.7 Å². The summed E-state index contributed by atoms with van der Waals surface area (Å²) in [5, 5.41) is 17.5. The third kappa shape index (κ3) is 30.6. The summed E-state index contributed by atoms with van der Waals surface area (Å²) in [6.07, 6.45) is 31.0. The Morgan fingerprint density at radius 2 is 0.452 bits per heavy atom. The summed E-state index contributed by atoms with van der Waals surface area (Å²) in [4.78, 5) is 0. The average molecular weight is 477 g/mol. The minimum atomic E-state index is 0.366. The van der Waals surface area contributed by atoms with E-state index in [1.54, 1.807) is 0 Å². The molecule has 0 aliphatic carbocycles. The highest BCUT2D eigenvalue weighted by Crippen LogP contribution is 2.25. The third-order valence-electron chi connectivity index (χ3n) is 6.10. The predicted octanol–water partition coefficient (Wildman–Crippen LogP) is 9.32. The molecule has 188 valence electrons. The molecule has 0 spiro atoms. The summed E-state index contributed by atoms with van der Waals surface area (Å²) < 4.78 is 0. The number of hydrogen-bond donors (Lipinski definition) is 2. The lowest BCUT2D eigenvalue weighted by Gasteiger charge is -2.04. The van der Waals surface area contributed by atoms with Crippen LogP contribution in [-0.4, -0.2) is 34.9 Å². The van der Waals surface area contributed by atoms with Gasteiger partial charge in [0.15, 0.2) is 0 Å². The van der Waals surface area contributed by atoms with Crippen LogP contribution in [0.5, 0.6) is 0 Å². The minimum absolute atomic E-state index is 0.366. The molecule has 31 heavy (non-hydrogen) atoms. The van der Waals surface area contributed by atoms with Crippen LogP contribution in [-0.2, 0) is 0 Å². The van der Waals surface area contributed by atoms with Crippen molar-refractivity contribution in [2.24, 2.45) is 0 Å². The molecular weight excluding hydrogens is 420 g/mol. The summed E-state index contributed by atoms with van der Waals surface area (Å²) in [5.74, 6) is 2.68. The molecule has 0 fully saturated rings. The summed E-state index contributed by atoms with van der Waals surface area (Å²) in [5.41, 5.74) is 0. The predicted molar refractivity (Wildman–Crippen MR) is 145 cm³/mol. The molecule has 2 N–H and O–H groups in total. The smallest absolute Gasteiger partial charge is 0.0431 e. The van der Waals surface area contributed by atoms with E-state index in [1.807, 2.05) is 0 Å². The molecule has 0 aliphatic heterocycles. The Hall–Kier alpha value is 0.620. The molecule has 0 unspecified atom stereocenters. The maximum Gasteiger partial charge on any atom is 0.0431 e. The first-order chi connectivity index (χ1) is 15.4. The van der Waals surface area contributed by atoms with Gasteiger partial charge in [-0.15, -0.1) is 0 Å². The van der Waals surface area contributed by atoms with Crippen LogP contribution >= 0.6 is 21.6 Å². The molecule has 0 atom stereocenters. The lowest BCUT2D eigenvalue weighted by Crippen LogP contribution is -1.85. The zero-order valence-corrected chi connectivity index (χ0v) is 22.4. The zero-order valence-electron chi connectivity index (χ0n) is 20.8. The van der Waals surface area contributed by atoms with Crippen LogP contribution in [0.25, 0.3) is 0 Å². The van der Waals surface area contributed by atoms with Crippen molar-refractivity contribution in [3.05, 3.63) is 0 Å². The normalized spacial score (nSPS) is 11.4. The first-order valence-electron chi connectivity index (χ1n) is 13.9. The average Bonchev–Trinajstić information content (AvgIpc) is 2.78. The van der Waals surface area contributed by atoms with Gasteiger partial charge in [-0.1, -0.05) is 144 Å². The molecule has 0 rings (SSSR count). The van der Waals surface area contributed by atoms with E-state index in [1.165, 1.54) is 146 Å². The fraction of sp³-hybridized carbons (Fsp3) is 1.00. The van der Waals surface area contributed by atoms with Gasteiger partial charge in [0.05, 0.1) is 0 Å². The topological polar surface area (TPSA) is 40.5 Å². The number of aliphatic hydroxyl groups excluding tert-OH is 2. The lowest BCUT2D eigenvalue weighted by molar-refractivity contribution is 0.282. The van der Waals surface area contributed by atoms with Crippen LogP contribution in [0.2, 0.25) is 0 Å². The number of rotatable bonds is 28. The summed E-state index contributed by atoms with van der Waals surface area (Å²) in [7, 11) is 4.20. The molecule has 0 aromatic heterocycles. The van der Waals surface area contributed by atoms with Gasteiger partial charge < -0.3 is 10.2 Å². The maximum atomic E-state index is 8.75. The quantitative estimate of drug-likeness (QED) is 0.0871. The molecular formula is C27H56O2S2. The van der Waals surface area contributed by atoms with E-state index < -0.39 is 0 Å². The van der Waals surface area contributed by atoms with E-state index >= 15 is 0 Å². The second-order valence-electron chi connectivity index (χ2n) is 9.22. The monoisotopic (exact) mass is 476 g/mol. The van der Waals surface area contributed by atoms with Gasteiger partial charge in [-0.25, -0.2) is 0 Å². The number of hydrogen-bond acceptors (Lipinski definition) is 4. The fourth-order valence-corrected chi connectivity index (χ4v) is 6.32. The maximum absolute atomic E-state index is 8.75. The van der Waals surface area contributed by atoms with Crippen LogP contribution in [0, 0.1) is 0 Å². The number of unbranched alkanes of at least 4 members (excludes halogenated alkanes) is 21. The van der Waals surface area contributed by atoms with Gasteiger partial charge in [0.25, 0.3) is 0 Å². The van der Waals surface area contributed by atoms with Crippen LogP contribution < -0.4 is 0 Å². The van der Waals surface area contributed by atoms with E-state index in [9.17, 15) is 0 Å². The van der Waals surface area contributed by atoms with E-state index in [4.69, 9.17) is 10.2 Å². The largest absolute Gasteiger partial charge is 0.396 e. The highest BCUT2D eigenvalue weighted by molar-refractivity contribution is 8.76. The van der Waals surface area contributed by atoms with E-state index in [0.717, 1.165) is 12.8 Å². The van der Waals surface area contributed by atoms with Crippen molar-refractivity contribution < 1.29 is 10.2 Å². The van der Waals surface area contributed by atoms with E-state index in [0.29, 0.717) is 13.2 Å². The summed E-state index contributed by atoms with van der Waals surface area (Å²) in [6.45, 7) is 0.734. The molecule has 2 nitrogen and oxygen atoms in total. The van der Waals surface area contributed by atoms with Gasteiger partial charge in [0.1, 0.15) is 0 Å². The Bertz CT molecular complexity index is 275. The SMILES string of the molecule is OCCCCCCCCCCCCCCCCSSCCCCCCCCCCCO. The van der Waals surface area contributed by atoms with Crippen LogP contribution in [0.1, 0.15) is 148 Å². The lowest BCUT2D eigenvalue weighted by atomic mass is 10.0. The highest BCUT2D eigenvalue weighted by Gasteiger charge is 1.96. The van der Waals surface area contributed by atoms with Gasteiger partial charge in [-0.3, -0.25) is 0 Å². The standard InChI is InChI=1S/C27H56O2S2/c28-24-20-16-12-8-5-3-1-2-4-6-10-14-18-22-26-30-31-27-23-19-15-11-7-9-13-17-21-25-29/h28-29H,1-27H2. The van der Waals surface area contributed by atoms with Crippen LogP contribution in [0.15, 0.2) is 0 Å². The van der Waals surface area contributed by atoms with Crippen molar-refractivity contribution in [3.8, 4) is 0 Å².